The second kappa shape index (κ2) is 7.04. The molecule has 0 saturated heterocycles. The summed E-state index contributed by atoms with van der Waals surface area (Å²) in [5.74, 6) is -0.336. The van der Waals surface area contributed by atoms with Crippen LogP contribution in [-0.2, 0) is 11.3 Å². The third kappa shape index (κ3) is 4.17. The number of carbonyl (C=O) groups excluding carboxylic acids is 1. The zero-order valence-electron chi connectivity index (χ0n) is 10.2. The molecule has 1 rings (SSSR count). The Balaban J connectivity index is 2.75. The van der Waals surface area contributed by atoms with Gasteiger partial charge in [-0.15, -0.1) is 0 Å². The molecule has 4 heteroatoms. The Labute approximate surface area is 102 Å². The largest absolute Gasteiger partial charge is 0.395 e. The van der Waals surface area contributed by atoms with Gasteiger partial charge in [-0.2, -0.15) is 0 Å². The van der Waals surface area contributed by atoms with Crippen molar-refractivity contribution < 1.29 is 9.90 Å². The minimum atomic E-state index is -0.336. The second-order valence-corrected chi connectivity index (χ2v) is 4.01. The molecule has 0 spiro atoms. The molecular weight excluding hydrogens is 216 g/mol. The molecule has 1 unspecified atom stereocenters. The van der Waals surface area contributed by atoms with Crippen molar-refractivity contribution in [2.45, 2.75) is 25.9 Å². The van der Waals surface area contributed by atoms with Crippen LogP contribution in [0.3, 0.4) is 0 Å². The van der Waals surface area contributed by atoms with Crippen LogP contribution in [0, 0.1) is 0 Å². The molecule has 0 fully saturated rings. The predicted molar refractivity (Wildman–Crippen MR) is 67.2 cm³/mol. The van der Waals surface area contributed by atoms with Crippen molar-refractivity contribution in [2.24, 2.45) is 5.73 Å². The number of hydrogen-bond acceptors (Lipinski definition) is 3. The van der Waals surface area contributed by atoms with Crippen LogP contribution < -0.4 is 5.73 Å². The topological polar surface area (TPSA) is 66.6 Å². The highest BCUT2D eigenvalue weighted by Gasteiger charge is 2.21. The summed E-state index contributed by atoms with van der Waals surface area (Å²) < 4.78 is 0. The van der Waals surface area contributed by atoms with Crippen molar-refractivity contribution in [3.63, 3.8) is 0 Å². The summed E-state index contributed by atoms with van der Waals surface area (Å²) in [5, 5.41) is 9.05. The molecule has 0 bridgehead atoms. The van der Waals surface area contributed by atoms with Gasteiger partial charge in [0.25, 0.3) is 0 Å². The highest BCUT2D eigenvalue weighted by atomic mass is 16.3. The molecule has 1 aromatic rings. The molecule has 3 N–H and O–H groups in total. The second-order valence-electron chi connectivity index (χ2n) is 4.01. The maximum atomic E-state index is 11.3. The van der Waals surface area contributed by atoms with Gasteiger partial charge in [0, 0.05) is 13.1 Å². The number of primary amides is 1. The van der Waals surface area contributed by atoms with Gasteiger partial charge < -0.3 is 10.8 Å². The normalized spacial score (nSPS) is 12.6. The highest BCUT2D eigenvalue weighted by Crippen LogP contribution is 2.10. The van der Waals surface area contributed by atoms with Gasteiger partial charge in [0.15, 0.2) is 0 Å². The van der Waals surface area contributed by atoms with Crippen LogP contribution in [-0.4, -0.2) is 35.1 Å². The minimum absolute atomic E-state index is 0.0244. The number of aliphatic hydroxyl groups is 1. The van der Waals surface area contributed by atoms with Crippen LogP contribution in [0.2, 0.25) is 0 Å². The Morgan fingerprint density at radius 2 is 2.06 bits per heavy atom. The van der Waals surface area contributed by atoms with E-state index >= 15 is 0 Å². The number of nitrogens with two attached hydrogens (primary N) is 1. The molecule has 0 saturated carbocycles. The zero-order chi connectivity index (χ0) is 12.7. The van der Waals surface area contributed by atoms with E-state index in [-0.39, 0.29) is 18.6 Å². The van der Waals surface area contributed by atoms with E-state index in [1.54, 1.807) is 0 Å². The Kier molecular flexibility index (Phi) is 5.66. The molecule has 17 heavy (non-hydrogen) atoms. The fourth-order valence-corrected chi connectivity index (χ4v) is 1.93. The average molecular weight is 236 g/mol. The van der Waals surface area contributed by atoms with Crippen LogP contribution in [0.4, 0.5) is 0 Å². The predicted octanol–water partition coefficient (Wildman–Crippen LogP) is 0.745. The van der Waals surface area contributed by atoms with Crippen LogP contribution in [0.5, 0.6) is 0 Å². The monoisotopic (exact) mass is 236 g/mol. The van der Waals surface area contributed by atoms with Gasteiger partial charge in [0.2, 0.25) is 5.91 Å². The minimum Gasteiger partial charge on any atom is -0.395 e. The van der Waals surface area contributed by atoms with E-state index in [1.165, 1.54) is 0 Å². The molecule has 4 nitrogen and oxygen atoms in total. The molecule has 1 atom stereocenters. The van der Waals surface area contributed by atoms with Crippen molar-refractivity contribution in [3.8, 4) is 0 Å². The lowest BCUT2D eigenvalue weighted by Crippen LogP contribution is -2.45. The summed E-state index contributed by atoms with van der Waals surface area (Å²) in [6, 6.07) is 9.54. The lowest BCUT2D eigenvalue weighted by molar-refractivity contribution is -0.123. The molecule has 0 aliphatic carbocycles. The highest BCUT2D eigenvalue weighted by molar-refractivity contribution is 5.79. The van der Waals surface area contributed by atoms with E-state index in [1.807, 2.05) is 42.2 Å². The van der Waals surface area contributed by atoms with E-state index in [9.17, 15) is 4.79 Å². The van der Waals surface area contributed by atoms with Crippen molar-refractivity contribution >= 4 is 5.91 Å². The Hall–Kier alpha value is -1.39. The fraction of sp³-hybridized carbons (Fsp3) is 0.462. The lowest BCUT2D eigenvalue weighted by Gasteiger charge is -2.28. The van der Waals surface area contributed by atoms with E-state index < -0.39 is 0 Å². The number of rotatable bonds is 7. The number of aliphatic hydroxyl groups excluding tert-OH is 1. The van der Waals surface area contributed by atoms with Gasteiger partial charge in [-0.1, -0.05) is 37.3 Å². The first-order valence-electron chi connectivity index (χ1n) is 5.87. The standard InChI is InChI=1S/C13H20N2O2/c1-2-12(13(14)17)15(8-9-16)10-11-6-4-3-5-7-11/h3-7,12,16H,2,8-10H2,1H3,(H2,14,17). The summed E-state index contributed by atoms with van der Waals surface area (Å²) in [7, 11) is 0. The fourth-order valence-electron chi connectivity index (χ4n) is 1.93. The smallest absolute Gasteiger partial charge is 0.234 e. The van der Waals surface area contributed by atoms with Crippen LogP contribution in [0.15, 0.2) is 30.3 Å². The third-order valence-electron chi connectivity index (χ3n) is 2.77. The van der Waals surface area contributed by atoms with Gasteiger partial charge >= 0.3 is 0 Å². The summed E-state index contributed by atoms with van der Waals surface area (Å²) in [4.78, 5) is 13.3. The van der Waals surface area contributed by atoms with Gasteiger partial charge in [-0.25, -0.2) is 0 Å². The zero-order valence-corrected chi connectivity index (χ0v) is 10.2. The van der Waals surface area contributed by atoms with Gasteiger partial charge in [-0.3, -0.25) is 9.69 Å². The van der Waals surface area contributed by atoms with Gasteiger partial charge in [0.1, 0.15) is 0 Å². The van der Waals surface area contributed by atoms with Gasteiger partial charge in [0.05, 0.1) is 12.6 Å². The van der Waals surface area contributed by atoms with Gasteiger partial charge in [-0.05, 0) is 12.0 Å². The van der Waals surface area contributed by atoms with Crippen molar-refractivity contribution in [1.29, 1.82) is 0 Å². The van der Waals surface area contributed by atoms with Crippen molar-refractivity contribution in [3.05, 3.63) is 35.9 Å². The molecule has 1 aromatic carbocycles. The number of carbonyl (C=O) groups is 1. The van der Waals surface area contributed by atoms with E-state index in [0.717, 1.165) is 5.56 Å². The first-order chi connectivity index (χ1) is 8.19. The Bertz CT molecular complexity index is 341. The first-order valence-corrected chi connectivity index (χ1v) is 5.87. The first kappa shape index (κ1) is 13.7. The number of hydrogen-bond donors (Lipinski definition) is 2. The van der Waals surface area contributed by atoms with Crippen molar-refractivity contribution in [2.75, 3.05) is 13.2 Å². The number of amides is 1. The number of benzene rings is 1. The Morgan fingerprint density at radius 1 is 1.41 bits per heavy atom. The van der Waals surface area contributed by atoms with E-state index in [2.05, 4.69) is 0 Å². The third-order valence-corrected chi connectivity index (χ3v) is 2.77. The molecule has 0 aromatic heterocycles. The quantitative estimate of drug-likeness (QED) is 0.734. The van der Waals surface area contributed by atoms with Crippen LogP contribution >= 0.6 is 0 Å². The summed E-state index contributed by atoms with van der Waals surface area (Å²) >= 11 is 0. The van der Waals surface area contributed by atoms with Crippen LogP contribution in [0.25, 0.3) is 0 Å². The summed E-state index contributed by atoms with van der Waals surface area (Å²) in [6.07, 6.45) is 0.655. The maximum Gasteiger partial charge on any atom is 0.234 e. The molecule has 0 heterocycles. The van der Waals surface area contributed by atoms with Crippen molar-refractivity contribution in [1.82, 2.24) is 4.90 Å². The van der Waals surface area contributed by atoms with E-state index in [0.29, 0.717) is 19.5 Å². The molecule has 0 radical (unpaired) electrons. The molecule has 94 valence electrons. The van der Waals surface area contributed by atoms with Crippen LogP contribution in [0.1, 0.15) is 18.9 Å². The SMILES string of the molecule is CCC(C(N)=O)N(CCO)Cc1ccccc1. The summed E-state index contributed by atoms with van der Waals surface area (Å²) in [5.41, 5.74) is 6.48. The lowest BCUT2D eigenvalue weighted by atomic mass is 10.1. The molecular formula is C13H20N2O2. The average Bonchev–Trinajstić information content (AvgIpc) is 2.31. The molecule has 1 amide bonds. The Morgan fingerprint density at radius 3 is 2.53 bits per heavy atom. The van der Waals surface area contributed by atoms with E-state index in [4.69, 9.17) is 10.8 Å². The molecule has 0 aliphatic rings. The number of nitrogens with zero attached hydrogens (tertiary/aromatic N) is 1. The molecule has 0 aliphatic heterocycles. The maximum absolute atomic E-state index is 11.3. The summed E-state index contributed by atoms with van der Waals surface area (Å²) in [6.45, 7) is 3.03.